The van der Waals surface area contributed by atoms with E-state index in [9.17, 15) is 9.59 Å². The molecule has 2 N–H and O–H groups in total. The number of rotatable bonds is 6. The quantitative estimate of drug-likeness (QED) is 0.569. The number of piperazine rings is 1. The summed E-state index contributed by atoms with van der Waals surface area (Å²) in [6.45, 7) is 2.63. The van der Waals surface area contributed by atoms with Crippen LogP contribution in [0.2, 0.25) is 0 Å². The summed E-state index contributed by atoms with van der Waals surface area (Å²) in [6, 6.07) is 7.48. The number of ether oxygens (including phenoxy) is 2. The standard InChI is InChI=1S/C18H28N4O4/c1-21-10-11-22(2)16(13-21)17(23)19-20-18(24)26-12-4-5-14-6-8-15(25-3)9-7-14/h6-9,16H,4-5,10-13H2,1-3H3,(H,19,23)(H,20,24). The molecular formula is C18H28N4O4. The SMILES string of the molecule is COc1ccc(CCCOC(=O)NNC(=O)C2CN(C)CCN2C)cc1. The molecule has 1 aromatic rings. The van der Waals surface area contributed by atoms with Gasteiger partial charge in [0.05, 0.1) is 13.7 Å². The average Bonchev–Trinajstić information content (AvgIpc) is 2.65. The number of nitrogens with zero attached hydrogens (tertiary/aromatic N) is 2. The van der Waals surface area contributed by atoms with Crippen LogP contribution in [0.1, 0.15) is 12.0 Å². The molecule has 1 atom stereocenters. The van der Waals surface area contributed by atoms with E-state index >= 15 is 0 Å². The number of carbonyl (C=O) groups excluding carboxylic acids is 2. The molecule has 1 aliphatic heterocycles. The average molecular weight is 364 g/mol. The van der Waals surface area contributed by atoms with E-state index in [-0.39, 0.29) is 18.6 Å². The molecule has 0 aliphatic carbocycles. The van der Waals surface area contributed by atoms with Crippen LogP contribution in [0.4, 0.5) is 4.79 Å². The smallest absolute Gasteiger partial charge is 0.426 e. The topological polar surface area (TPSA) is 83.1 Å². The molecule has 1 heterocycles. The number of carbonyl (C=O) groups is 2. The molecule has 2 amide bonds. The molecule has 1 aromatic carbocycles. The van der Waals surface area contributed by atoms with Crippen LogP contribution in [-0.4, -0.2) is 75.3 Å². The van der Waals surface area contributed by atoms with Gasteiger partial charge in [0.2, 0.25) is 0 Å². The fraction of sp³-hybridized carbons (Fsp3) is 0.556. The number of likely N-dealkylation sites (N-methyl/N-ethyl adjacent to an activating group) is 2. The van der Waals surface area contributed by atoms with Crippen LogP contribution >= 0.6 is 0 Å². The van der Waals surface area contributed by atoms with Crippen LogP contribution in [-0.2, 0) is 16.0 Å². The van der Waals surface area contributed by atoms with Crippen LogP contribution in [0.25, 0.3) is 0 Å². The lowest BCUT2D eigenvalue weighted by Crippen LogP contribution is -2.59. The lowest BCUT2D eigenvalue weighted by molar-refractivity contribution is -0.128. The van der Waals surface area contributed by atoms with E-state index in [1.54, 1.807) is 7.11 Å². The van der Waals surface area contributed by atoms with Crippen molar-refractivity contribution in [3.05, 3.63) is 29.8 Å². The highest BCUT2D eigenvalue weighted by atomic mass is 16.6. The van der Waals surface area contributed by atoms with Gasteiger partial charge in [0.15, 0.2) is 0 Å². The first-order chi connectivity index (χ1) is 12.5. The number of amides is 2. The second kappa shape index (κ2) is 9.98. The molecule has 144 valence electrons. The monoisotopic (exact) mass is 364 g/mol. The number of hydrazine groups is 1. The molecule has 0 spiro atoms. The minimum Gasteiger partial charge on any atom is -0.497 e. The summed E-state index contributed by atoms with van der Waals surface area (Å²) in [6.07, 6.45) is 0.840. The molecule has 1 unspecified atom stereocenters. The van der Waals surface area contributed by atoms with Crippen molar-refractivity contribution in [3.8, 4) is 5.75 Å². The van der Waals surface area contributed by atoms with Crippen molar-refractivity contribution < 1.29 is 19.1 Å². The first-order valence-electron chi connectivity index (χ1n) is 8.74. The number of aryl methyl sites for hydroxylation is 1. The van der Waals surface area contributed by atoms with Gasteiger partial charge in [0.25, 0.3) is 5.91 Å². The van der Waals surface area contributed by atoms with Gasteiger partial charge in [-0.15, -0.1) is 0 Å². The number of methoxy groups -OCH3 is 1. The van der Waals surface area contributed by atoms with Crippen molar-refractivity contribution in [1.82, 2.24) is 20.7 Å². The van der Waals surface area contributed by atoms with Gasteiger partial charge in [-0.2, -0.15) is 0 Å². The Hall–Kier alpha value is -2.32. The molecule has 1 aliphatic rings. The lowest BCUT2D eigenvalue weighted by atomic mass is 10.1. The molecule has 0 saturated carbocycles. The Balaban J connectivity index is 1.61. The van der Waals surface area contributed by atoms with Gasteiger partial charge in [-0.1, -0.05) is 12.1 Å². The second-order valence-corrected chi connectivity index (χ2v) is 6.46. The summed E-state index contributed by atoms with van der Waals surface area (Å²) < 4.78 is 10.2. The summed E-state index contributed by atoms with van der Waals surface area (Å²) in [7, 11) is 5.50. The highest BCUT2D eigenvalue weighted by Crippen LogP contribution is 2.12. The number of benzene rings is 1. The van der Waals surface area contributed by atoms with Crippen molar-refractivity contribution in [1.29, 1.82) is 0 Å². The number of hydrogen-bond donors (Lipinski definition) is 2. The van der Waals surface area contributed by atoms with Gasteiger partial charge in [0.1, 0.15) is 11.8 Å². The zero-order chi connectivity index (χ0) is 18.9. The highest BCUT2D eigenvalue weighted by Gasteiger charge is 2.28. The van der Waals surface area contributed by atoms with Crippen molar-refractivity contribution in [2.24, 2.45) is 0 Å². The molecule has 26 heavy (non-hydrogen) atoms. The Morgan fingerprint density at radius 1 is 1.15 bits per heavy atom. The van der Waals surface area contributed by atoms with E-state index in [0.717, 1.165) is 30.8 Å². The summed E-state index contributed by atoms with van der Waals surface area (Å²) in [5.74, 6) is 0.573. The van der Waals surface area contributed by atoms with E-state index < -0.39 is 6.09 Å². The van der Waals surface area contributed by atoms with Crippen molar-refractivity contribution in [2.45, 2.75) is 18.9 Å². The summed E-state index contributed by atoms with van der Waals surface area (Å²) >= 11 is 0. The molecule has 0 aromatic heterocycles. The molecule has 1 fully saturated rings. The molecule has 8 heteroatoms. The van der Waals surface area contributed by atoms with Gasteiger partial charge < -0.3 is 14.4 Å². The fourth-order valence-electron chi connectivity index (χ4n) is 2.76. The molecule has 0 radical (unpaired) electrons. The Bertz CT molecular complexity index is 593. The van der Waals surface area contributed by atoms with Gasteiger partial charge in [-0.05, 0) is 44.6 Å². The predicted molar refractivity (Wildman–Crippen MR) is 97.9 cm³/mol. The lowest BCUT2D eigenvalue weighted by Gasteiger charge is -2.36. The van der Waals surface area contributed by atoms with Crippen molar-refractivity contribution in [3.63, 3.8) is 0 Å². The minimum atomic E-state index is -0.653. The van der Waals surface area contributed by atoms with Gasteiger partial charge >= 0.3 is 6.09 Å². The summed E-state index contributed by atoms with van der Waals surface area (Å²) in [5, 5.41) is 0. The normalized spacial score (nSPS) is 18.2. The number of hydrogen-bond acceptors (Lipinski definition) is 6. The van der Waals surface area contributed by atoms with E-state index in [4.69, 9.17) is 9.47 Å². The molecule has 0 bridgehead atoms. The Kier molecular flexibility index (Phi) is 7.68. The molecule has 2 rings (SSSR count). The largest absolute Gasteiger partial charge is 0.497 e. The second-order valence-electron chi connectivity index (χ2n) is 6.46. The van der Waals surface area contributed by atoms with E-state index in [1.807, 2.05) is 43.3 Å². The molecule has 8 nitrogen and oxygen atoms in total. The first kappa shape index (κ1) is 20.0. The van der Waals surface area contributed by atoms with Crippen LogP contribution in [0.15, 0.2) is 24.3 Å². The van der Waals surface area contributed by atoms with Gasteiger partial charge in [-0.3, -0.25) is 15.1 Å². The Labute approximate surface area is 154 Å². The van der Waals surface area contributed by atoms with Crippen molar-refractivity contribution >= 4 is 12.0 Å². The fourth-order valence-corrected chi connectivity index (χ4v) is 2.76. The van der Waals surface area contributed by atoms with E-state index in [1.165, 1.54) is 0 Å². The predicted octanol–water partition coefficient (Wildman–Crippen LogP) is 0.631. The zero-order valence-electron chi connectivity index (χ0n) is 15.7. The maximum atomic E-state index is 12.2. The zero-order valence-corrected chi connectivity index (χ0v) is 15.7. The molecule has 1 saturated heterocycles. The minimum absolute atomic E-state index is 0.241. The molecular weight excluding hydrogens is 336 g/mol. The van der Waals surface area contributed by atoms with Gasteiger partial charge in [-0.25, -0.2) is 10.2 Å². The Morgan fingerprint density at radius 3 is 2.58 bits per heavy atom. The highest BCUT2D eigenvalue weighted by molar-refractivity contribution is 5.84. The van der Waals surface area contributed by atoms with Crippen LogP contribution in [0, 0.1) is 0 Å². The van der Waals surface area contributed by atoms with Crippen LogP contribution < -0.4 is 15.6 Å². The Morgan fingerprint density at radius 2 is 1.88 bits per heavy atom. The summed E-state index contributed by atoms with van der Waals surface area (Å²) in [4.78, 5) is 27.9. The van der Waals surface area contributed by atoms with Gasteiger partial charge in [0, 0.05) is 19.6 Å². The van der Waals surface area contributed by atoms with Crippen LogP contribution in [0.5, 0.6) is 5.75 Å². The first-order valence-corrected chi connectivity index (χ1v) is 8.74. The maximum Gasteiger partial charge on any atom is 0.426 e. The van der Waals surface area contributed by atoms with E-state index in [0.29, 0.717) is 13.0 Å². The van der Waals surface area contributed by atoms with Crippen LogP contribution in [0.3, 0.4) is 0 Å². The number of nitrogens with one attached hydrogen (secondary N) is 2. The van der Waals surface area contributed by atoms with Crippen molar-refractivity contribution in [2.75, 3.05) is 47.4 Å². The third kappa shape index (κ3) is 6.20. The third-order valence-corrected chi connectivity index (χ3v) is 4.44. The summed E-state index contributed by atoms with van der Waals surface area (Å²) in [5.41, 5.74) is 5.88. The van der Waals surface area contributed by atoms with E-state index in [2.05, 4.69) is 15.8 Å². The third-order valence-electron chi connectivity index (χ3n) is 4.44. The maximum absolute atomic E-state index is 12.2.